The summed E-state index contributed by atoms with van der Waals surface area (Å²) in [6, 6.07) is 0. The van der Waals surface area contributed by atoms with Gasteiger partial charge >= 0.3 is 0 Å². The second-order valence-electron chi connectivity index (χ2n) is 2.21. The minimum absolute atomic E-state index is 0.228. The first-order valence-electron chi connectivity index (χ1n) is 3.12. The summed E-state index contributed by atoms with van der Waals surface area (Å²) in [6.45, 7) is 1.48. The molecule has 0 fully saturated rings. The molecule has 0 saturated heterocycles. The van der Waals surface area contributed by atoms with Gasteiger partial charge in [-0.2, -0.15) is 0 Å². The fourth-order valence-corrected chi connectivity index (χ4v) is 0.751. The number of hydrogen-bond acceptors (Lipinski definition) is 4. The van der Waals surface area contributed by atoms with Gasteiger partial charge in [0.05, 0.1) is 0 Å². The van der Waals surface area contributed by atoms with Crippen molar-refractivity contribution in [3.8, 4) is 5.75 Å². The number of carbonyl (C=O) groups excluding carboxylic acids is 1. The van der Waals surface area contributed by atoms with Crippen LogP contribution in [0.3, 0.4) is 0 Å². The van der Waals surface area contributed by atoms with Crippen molar-refractivity contribution < 1.29 is 9.90 Å². The highest BCUT2D eigenvalue weighted by molar-refractivity contribution is 5.93. The average Bonchev–Trinajstić information content (AvgIpc) is 1.96. The normalized spacial score (nSPS) is 9.75. The van der Waals surface area contributed by atoms with Crippen molar-refractivity contribution in [3.05, 3.63) is 21.9 Å². The number of aryl methyl sites for hydroxylation is 1. The minimum atomic E-state index is -0.929. The van der Waals surface area contributed by atoms with Crippen LogP contribution in [-0.2, 0) is 0 Å². The second kappa shape index (κ2) is 2.65. The van der Waals surface area contributed by atoms with E-state index in [0.29, 0.717) is 0 Å². The van der Waals surface area contributed by atoms with Gasteiger partial charge in [-0.25, -0.2) is 4.98 Å². The summed E-state index contributed by atoms with van der Waals surface area (Å²) in [5.41, 5.74) is 3.66. The van der Waals surface area contributed by atoms with E-state index < -0.39 is 22.9 Å². The Kier molecular flexibility index (Phi) is 1.82. The number of H-pyrrole nitrogens is 1. The van der Waals surface area contributed by atoms with Crippen molar-refractivity contribution in [2.45, 2.75) is 6.92 Å². The summed E-state index contributed by atoms with van der Waals surface area (Å²) in [4.78, 5) is 27.1. The molecular formula is C6H7N3O3. The second-order valence-corrected chi connectivity index (χ2v) is 2.21. The first kappa shape index (κ1) is 8.25. The lowest BCUT2D eigenvalue weighted by Crippen LogP contribution is -2.20. The van der Waals surface area contributed by atoms with E-state index >= 15 is 0 Å². The van der Waals surface area contributed by atoms with E-state index in [1.807, 2.05) is 0 Å². The Morgan fingerprint density at radius 3 is 2.75 bits per heavy atom. The smallest absolute Gasteiger partial charge is 0.293 e. The van der Waals surface area contributed by atoms with E-state index in [-0.39, 0.29) is 5.82 Å². The highest BCUT2D eigenvalue weighted by atomic mass is 16.3. The Labute approximate surface area is 67.1 Å². The number of carbonyl (C=O) groups is 1. The molecule has 1 heterocycles. The summed E-state index contributed by atoms with van der Waals surface area (Å²) in [7, 11) is 0. The first-order chi connectivity index (χ1) is 5.52. The van der Waals surface area contributed by atoms with Gasteiger partial charge in [-0.1, -0.05) is 0 Å². The van der Waals surface area contributed by atoms with E-state index in [0.717, 1.165) is 0 Å². The van der Waals surface area contributed by atoms with Gasteiger partial charge in [0.15, 0.2) is 5.69 Å². The van der Waals surface area contributed by atoms with E-state index in [2.05, 4.69) is 9.97 Å². The minimum Gasteiger partial charge on any atom is -0.501 e. The summed E-state index contributed by atoms with van der Waals surface area (Å²) in [5, 5.41) is 8.99. The number of rotatable bonds is 1. The number of nitrogens with zero attached hydrogens (tertiary/aromatic N) is 1. The molecule has 0 aliphatic heterocycles. The molecule has 1 aromatic heterocycles. The maximum atomic E-state index is 10.8. The van der Waals surface area contributed by atoms with Crippen molar-refractivity contribution in [2.24, 2.45) is 5.73 Å². The summed E-state index contributed by atoms with van der Waals surface area (Å²) >= 11 is 0. The van der Waals surface area contributed by atoms with Gasteiger partial charge < -0.3 is 15.8 Å². The van der Waals surface area contributed by atoms with Crippen molar-refractivity contribution in [1.82, 2.24) is 9.97 Å². The molecule has 0 unspecified atom stereocenters. The van der Waals surface area contributed by atoms with Crippen molar-refractivity contribution in [2.75, 3.05) is 0 Å². The average molecular weight is 169 g/mol. The summed E-state index contributed by atoms with van der Waals surface area (Å²) in [6.07, 6.45) is 0. The maximum Gasteiger partial charge on any atom is 0.293 e. The molecule has 0 bridgehead atoms. The van der Waals surface area contributed by atoms with Crippen molar-refractivity contribution in [3.63, 3.8) is 0 Å². The van der Waals surface area contributed by atoms with Crippen LogP contribution in [0.5, 0.6) is 5.75 Å². The fourth-order valence-electron chi connectivity index (χ4n) is 0.751. The van der Waals surface area contributed by atoms with Crippen LogP contribution >= 0.6 is 0 Å². The van der Waals surface area contributed by atoms with Crippen LogP contribution in [-0.4, -0.2) is 21.0 Å². The zero-order chi connectivity index (χ0) is 9.30. The molecule has 6 nitrogen and oxygen atoms in total. The van der Waals surface area contributed by atoms with Gasteiger partial charge in [-0.15, -0.1) is 0 Å². The lowest BCUT2D eigenvalue weighted by molar-refractivity contribution is 0.0992. The molecule has 0 atom stereocenters. The molecule has 0 aromatic carbocycles. The van der Waals surface area contributed by atoms with Crippen LogP contribution in [0.1, 0.15) is 16.3 Å². The van der Waals surface area contributed by atoms with E-state index in [1.54, 1.807) is 0 Å². The fraction of sp³-hybridized carbons (Fsp3) is 0.167. The van der Waals surface area contributed by atoms with E-state index in [9.17, 15) is 9.59 Å². The Hall–Kier alpha value is -1.85. The highest BCUT2D eigenvalue weighted by Gasteiger charge is 2.12. The molecule has 0 saturated carbocycles. The lowest BCUT2D eigenvalue weighted by Gasteiger charge is -1.98. The van der Waals surface area contributed by atoms with Crippen LogP contribution in [0, 0.1) is 6.92 Å². The van der Waals surface area contributed by atoms with Crippen molar-refractivity contribution in [1.29, 1.82) is 0 Å². The SMILES string of the molecule is Cc1nc(C(N)=O)c(O)c(=O)[nH]1. The topological polar surface area (TPSA) is 109 Å². The summed E-state index contributed by atoms with van der Waals surface area (Å²) < 4.78 is 0. The first-order valence-corrected chi connectivity index (χ1v) is 3.12. The number of aromatic amines is 1. The lowest BCUT2D eigenvalue weighted by atomic mass is 10.3. The van der Waals surface area contributed by atoms with Crippen LogP contribution in [0.2, 0.25) is 0 Å². The molecule has 6 heteroatoms. The molecule has 0 aliphatic rings. The van der Waals surface area contributed by atoms with E-state index in [4.69, 9.17) is 10.8 Å². The molecule has 1 amide bonds. The van der Waals surface area contributed by atoms with Crippen LogP contribution < -0.4 is 11.3 Å². The number of amides is 1. The Balaban J connectivity index is 3.48. The van der Waals surface area contributed by atoms with Crippen LogP contribution in [0.15, 0.2) is 4.79 Å². The Bertz CT molecular complexity index is 382. The third-order valence-electron chi connectivity index (χ3n) is 1.25. The van der Waals surface area contributed by atoms with Gasteiger partial charge in [-0.05, 0) is 6.92 Å². The number of aromatic hydroxyl groups is 1. The quantitative estimate of drug-likeness (QED) is 0.494. The predicted molar refractivity (Wildman–Crippen MR) is 39.8 cm³/mol. The zero-order valence-corrected chi connectivity index (χ0v) is 6.29. The molecule has 0 radical (unpaired) electrons. The Morgan fingerprint density at radius 1 is 1.67 bits per heavy atom. The molecule has 0 spiro atoms. The summed E-state index contributed by atoms with van der Waals surface area (Å²) in [5.74, 6) is -1.44. The number of aromatic nitrogens is 2. The maximum absolute atomic E-state index is 10.8. The van der Waals surface area contributed by atoms with Gasteiger partial charge in [0.25, 0.3) is 11.5 Å². The number of nitrogens with one attached hydrogen (secondary N) is 1. The molecule has 1 rings (SSSR count). The van der Waals surface area contributed by atoms with Crippen LogP contribution in [0.4, 0.5) is 0 Å². The number of hydrogen-bond donors (Lipinski definition) is 3. The van der Waals surface area contributed by atoms with Crippen LogP contribution in [0.25, 0.3) is 0 Å². The molecule has 64 valence electrons. The largest absolute Gasteiger partial charge is 0.501 e. The van der Waals surface area contributed by atoms with Gasteiger partial charge in [0.2, 0.25) is 5.75 Å². The number of nitrogens with two attached hydrogens (primary N) is 1. The highest BCUT2D eigenvalue weighted by Crippen LogP contribution is 2.05. The predicted octanol–water partition coefficient (Wildman–Crippen LogP) is -1.12. The molecule has 4 N–H and O–H groups in total. The molecule has 1 aromatic rings. The Morgan fingerprint density at radius 2 is 2.25 bits per heavy atom. The zero-order valence-electron chi connectivity index (χ0n) is 6.29. The van der Waals surface area contributed by atoms with Gasteiger partial charge in [0, 0.05) is 0 Å². The van der Waals surface area contributed by atoms with Crippen molar-refractivity contribution >= 4 is 5.91 Å². The standard InChI is InChI=1S/C6H7N3O3/c1-2-8-3(5(7)11)4(10)6(12)9-2/h10H,1H3,(H2,7,11)(H,8,9,12). The molecular weight excluding hydrogens is 162 g/mol. The molecule has 12 heavy (non-hydrogen) atoms. The monoisotopic (exact) mass is 169 g/mol. The van der Waals surface area contributed by atoms with E-state index in [1.165, 1.54) is 6.92 Å². The van der Waals surface area contributed by atoms with Gasteiger partial charge in [0.1, 0.15) is 5.82 Å². The third-order valence-corrected chi connectivity index (χ3v) is 1.25. The molecule has 0 aliphatic carbocycles. The number of primary amides is 1. The third kappa shape index (κ3) is 1.26. The van der Waals surface area contributed by atoms with Gasteiger partial charge in [-0.3, -0.25) is 9.59 Å².